The van der Waals surface area contributed by atoms with E-state index in [2.05, 4.69) is 4.98 Å². The number of hydrogen-bond acceptors (Lipinski definition) is 4. The van der Waals surface area contributed by atoms with Crippen molar-refractivity contribution in [3.05, 3.63) is 48.3 Å². The molecule has 2 rings (SSSR count). The number of nitrogens with zero attached hydrogens (tertiary/aromatic N) is 1. The topological polar surface area (TPSA) is 73.0 Å². The zero-order chi connectivity index (χ0) is 12.5. The molecule has 0 aliphatic rings. The minimum atomic E-state index is -3.55. The second kappa shape index (κ2) is 4.18. The first kappa shape index (κ1) is 11.6. The van der Waals surface area contributed by atoms with Crippen molar-refractivity contribution < 1.29 is 8.42 Å². The summed E-state index contributed by atoms with van der Waals surface area (Å²) in [5.41, 5.74) is 6.80. The Balaban J connectivity index is 2.58. The van der Waals surface area contributed by atoms with E-state index in [9.17, 15) is 8.42 Å². The number of anilines is 1. The number of nitrogens with two attached hydrogens (primary N) is 1. The molecule has 0 amide bonds. The SMILES string of the molecule is Cc1ccc(S(=O)(=O)c2ccncc2N)cc1. The molecule has 0 bridgehead atoms. The number of aromatic nitrogens is 1. The summed E-state index contributed by atoms with van der Waals surface area (Å²) in [4.78, 5) is 4.11. The van der Waals surface area contributed by atoms with Crippen LogP contribution in [-0.4, -0.2) is 13.4 Å². The molecule has 2 aromatic rings. The van der Waals surface area contributed by atoms with Crippen molar-refractivity contribution in [2.45, 2.75) is 16.7 Å². The van der Waals surface area contributed by atoms with Crippen LogP contribution in [-0.2, 0) is 9.84 Å². The van der Waals surface area contributed by atoms with Crippen LogP contribution in [0.3, 0.4) is 0 Å². The van der Waals surface area contributed by atoms with Crippen LogP contribution in [0.2, 0.25) is 0 Å². The summed E-state index contributed by atoms with van der Waals surface area (Å²) < 4.78 is 24.5. The van der Waals surface area contributed by atoms with E-state index < -0.39 is 9.84 Å². The van der Waals surface area contributed by atoms with Gasteiger partial charge in [0.15, 0.2) is 0 Å². The Morgan fingerprint density at radius 1 is 1.12 bits per heavy atom. The Labute approximate surface area is 100 Å². The van der Waals surface area contributed by atoms with E-state index >= 15 is 0 Å². The third kappa shape index (κ3) is 2.14. The fraction of sp³-hybridized carbons (Fsp3) is 0.0833. The molecule has 2 N–H and O–H groups in total. The summed E-state index contributed by atoms with van der Waals surface area (Å²) in [5, 5.41) is 0. The van der Waals surface area contributed by atoms with Gasteiger partial charge < -0.3 is 5.73 Å². The molecule has 88 valence electrons. The highest BCUT2D eigenvalue weighted by Crippen LogP contribution is 2.24. The molecule has 4 nitrogen and oxygen atoms in total. The number of sulfone groups is 1. The highest BCUT2D eigenvalue weighted by molar-refractivity contribution is 7.91. The van der Waals surface area contributed by atoms with Crippen LogP contribution in [0, 0.1) is 6.92 Å². The molecule has 5 heteroatoms. The van der Waals surface area contributed by atoms with Gasteiger partial charge in [-0.25, -0.2) is 8.42 Å². The van der Waals surface area contributed by atoms with Crippen LogP contribution in [0.1, 0.15) is 5.56 Å². The largest absolute Gasteiger partial charge is 0.396 e. The van der Waals surface area contributed by atoms with E-state index in [1.807, 2.05) is 6.92 Å². The molecule has 1 aromatic heterocycles. The molecule has 0 aliphatic heterocycles. The van der Waals surface area contributed by atoms with Crippen molar-refractivity contribution in [1.82, 2.24) is 4.98 Å². The normalized spacial score (nSPS) is 11.4. The van der Waals surface area contributed by atoms with Crippen molar-refractivity contribution in [3.63, 3.8) is 0 Å². The Morgan fingerprint density at radius 2 is 1.76 bits per heavy atom. The van der Waals surface area contributed by atoms with Gasteiger partial charge in [-0.3, -0.25) is 4.98 Å². The number of nitrogen functional groups attached to an aromatic ring is 1. The summed E-state index contributed by atoms with van der Waals surface area (Å²) in [6.07, 6.45) is 2.75. The summed E-state index contributed by atoms with van der Waals surface area (Å²) in [7, 11) is -3.55. The van der Waals surface area contributed by atoms with E-state index in [-0.39, 0.29) is 15.5 Å². The highest BCUT2D eigenvalue weighted by atomic mass is 32.2. The average Bonchev–Trinajstić information content (AvgIpc) is 2.30. The Morgan fingerprint density at radius 3 is 2.35 bits per heavy atom. The first-order chi connectivity index (χ1) is 8.01. The third-order valence-corrected chi connectivity index (χ3v) is 4.27. The Bertz CT molecular complexity index is 634. The van der Waals surface area contributed by atoms with Gasteiger partial charge in [0.25, 0.3) is 0 Å². The van der Waals surface area contributed by atoms with Crippen LogP contribution in [0.4, 0.5) is 5.69 Å². The van der Waals surface area contributed by atoms with Gasteiger partial charge in [-0.1, -0.05) is 17.7 Å². The molecule has 0 radical (unpaired) electrons. The van der Waals surface area contributed by atoms with Crippen LogP contribution in [0.5, 0.6) is 0 Å². The maximum Gasteiger partial charge on any atom is 0.208 e. The van der Waals surface area contributed by atoms with Gasteiger partial charge in [0.2, 0.25) is 9.84 Å². The second-order valence-corrected chi connectivity index (χ2v) is 5.65. The minimum absolute atomic E-state index is 0.0938. The standard InChI is InChI=1S/C12H12N2O2S/c1-9-2-4-10(5-3-9)17(15,16)12-6-7-14-8-11(12)13/h2-8H,13H2,1H3. The number of pyridine rings is 1. The lowest BCUT2D eigenvalue weighted by Gasteiger charge is -2.06. The van der Waals surface area contributed by atoms with Gasteiger partial charge in [-0.05, 0) is 25.1 Å². The maximum atomic E-state index is 12.3. The molecule has 0 saturated heterocycles. The van der Waals surface area contributed by atoms with Crippen molar-refractivity contribution in [1.29, 1.82) is 0 Å². The molecule has 1 aromatic carbocycles. The average molecular weight is 248 g/mol. The molecule has 0 aliphatic carbocycles. The van der Waals surface area contributed by atoms with E-state index in [1.54, 1.807) is 24.3 Å². The highest BCUT2D eigenvalue weighted by Gasteiger charge is 2.19. The van der Waals surface area contributed by atoms with Gasteiger partial charge in [0, 0.05) is 6.20 Å². The van der Waals surface area contributed by atoms with Crippen molar-refractivity contribution in [2.24, 2.45) is 0 Å². The predicted molar refractivity (Wildman–Crippen MR) is 65.3 cm³/mol. The molecule has 0 atom stereocenters. The quantitative estimate of drug-likeness (QED) is 0.879. The summed E-state index contributed by atoms with van der Waals surface area (Å²) in [6, 6.07) is 8.06. The number of hydrogen-bond donors (Lipinski definition) is 1. The zero-order valence-corrected chi connectivity index (χ0v) is 10.1. The molecule has 0 unspecified atom stereocenters. The van der Waals surface area contributed by atoms with Gasteiger partial charge in [0.1, 0.15) is 0 Å². The minimum Gasteiger partial charge on any atom is -0.396 e. The van der Waals surface area contributed by atoms with Crippen LogP contribution < -0.4 is 5.73 Å². The molecular weight excluding hydrogens is 236 g/mol. The van der Waals surface area contributed by atoms with Crippen LogP contribution >= 0.6 is 0 Å². The predicted octanol–water partition coefficient (Wildman–Crippen LogP) is 1.81. The van der Waals surface area contributed by atoms with Crippen molar-refractivity contribution in [2.75, 3.05) is 5.73 Å². The molecule has 17 heavy (non-hydrogen) atoms. The zero-order valence-electron chi connectivity index (χ0n) is 9.29. The van der Waals surface area contributed by atoms with Crippen molar-refractivity contribution in [3.8, 4) is 0 Å². The number of benzene rings is 1. The smallest absolute Gasteiger partial charge is 0.208 e. The van der Waals surface area contributed by atoms with Gasteiger partial charge in [-0.15, -0.1) is 0 Å². The molecule has 0 saturated carbocycles. The molecule has 0 fully saturated rings. The summed E-state index contributed by atoms with van der Waals surface area (Å²) >= 11 is 0. The number of aryl methyl sites for hydroxylation is 1. The maximum absolute atomic E-state index is 12.3. The van der Waals surface area contributed by atoms with E-state index in [4.69, 9.17) is 5.73 Å². The molecular formula is C12H12N2O2S. The van der Waals surface area contributed by atoms with Crippen molar-refractivity contribution >= 4 is 15.5 Å². The fourth-order valence-corrected chi connectivity index (χ4v) is 2.83. The van der Waals surface area contributed by atoms with Crippen LogP contribution in [0.25, 0.3) is 0 Å². The summed E-state index contributed by atoms with van der Waals surface area (Å²) in [6.45, 7) is 1.90. The first-order valence-corrected chi connectivity index (χ1v) is 6.51. The van der Waals surface area contributed by atoms with E-state index in [0.29, 0.717) is 0 Å². The lowest BCUT2D eigenvalue weighted by Crippen LogP contribution is -2.05. The van der Waals surface area contributed by atoms with Crippen LogP contribution in [0.15, 0.2) is 52.5 Å². The Kier molecular flexibility index (Phi) is 2.85. The molecule has 1 heterocycles. The lowest BCUT2D eigenvalue weighted by molar-refractivity contribution is 0.596. The van der Waals surface area contributed by atoms with Gasteiger partial charge >= 0.3 is 0 Å². The first-order valence-electron chi connectivity index (χ1n) is 5.03. The fourth-order valence-electron chi connectivity index (χ4n) is 1.48. The second-order valence-electron chi connectivity index (χ2n) is 3.73. The monoisotopic (exact) mass is 248 g/mol. The van der Waals surface area contributed by atoms with Gasteiger partial charge in [0.05, 0.1) is 21.7 Å². The molecule has 0 spiro atoms. The Hall–Kier alpha value is -1.88. The van der Waals surface area contributed by atoms with E-state index in [0.717, 1.165) is 5.56 Å². The summed E-state index contributed by atoms with van der Waals surface area (Å²) in [5.74, 6) is 0. The van der Waals surface area contributed by atoms with Gasteiger partial charge in [-0.2, -0.15) is 0 Å². The number of rotatable bonds is 2. The lowest BCUT2D eigenvalue weighted by atomic mass is 10.2. The third-order valence-electron chi connectivity index (χ3n) is 2.43. The van der Waals surface area contributed by atoms with E-state index in [1.165, 1.54) is 18.5 Å².